The third-order valence-corrected chi connectivity index (χ3v) is 3.79. The SMILES string of the molecule is COc1cccc2c(C)c(C(=O)NCCCn3ccnc3)oc12. The molecule has 2 aromatic heterocycles. The first-order valence-electron chi connectivity index (χ1n) is 7.50. The summed E-state index contributed by atoms with van der Waals surface area (Å²) in [5.41, 5.74) is 1.43. The topological polar surface area (TPSA) is 69.3 Å². The minimum atomic E-state index is -0.202. The second-order valence-electron chi connectivity index (χ2n) is 5.30. The Balaban J connectivity index is 1.67. The number of hydrogen-bond donors (Lipinski definition) is 1. The molecule has 6 nitrogen and oxygen atoms in total. The minimum absolute atomic E-state index is 0.202. The third-order valence-electron chi connectivity index (χ3n) is 3.79. The number of para-hydroxylation sites is 1. The summed E-state index contributed by atoms with van der Waals surface area (Å²) in [7, 11) is 1.59. The zero-order valence-electron chi connectivity index (χ0n) is 13.2. The monoisotopic (exact) mass is 313 g/mol. The molecule has 6 heteroatoms. The summed E-state index contributed by atoms with van der Waals surface area (Å²) in [5.74, 6) is 0.767. The molecule has 0 unspecified atom stereocenters. The summed E-state index contributed by atoms with van der Waals surface area (Å²) >= 11 is 0. The molecule has 0 fully saturated rings. The molecule has 0 aliphatic carbocycles. The van der Waals surface area contributed by atoms with Crippen LogP contribution < -0.4 is 10.1 Å². The van der Waals surface area contributed by atoms with Crippen LogP contribution in [0.15, 0.2) is 41.3 Å². The van der Waals surface area contributed by atoms with E-state index in [2.05, 4.69) is 10.3 Å². The molecule has 0 aliphatic rings. The summed E-state index contributed by atoms with van der Waals surface area (Å²) in [6.07, 6.45) is 6.23. The highest BCUT2D eigenvalue weighted by Gasteiger charge is 2.19. The number of nitrogens with one attached hydrogen (secondary N) is 1. The molecule has 1 aromatic carbocycles. The van der Waals surface area contributed by atoms with Crippen LogP contribution in [0.3, 0.4) is 0 Å². The Kier molecular flexibility index (Phi) is 4.32. The molecule has 2 heterocycles. The summed E-state index contributed by atoms with van der Waals surface area (Å²) in [5, 5.41) is 3.79. The molecule has 1 N–H and O–H groups in total. The number of aromatic nitrogens is 2. The number of carbonyl (C=O) groups is 1. The molecule has 0 radical (unpaired) electrons. The van der Waals surface area contributed by atoms with Crippen molar-refractivity contribution >= 4 is 16.9 Å². The summed E-state index contributed by atoms with van der Waals surface area (Å²) in [6, 6.07) is 5.63. The van der Waals surface area contributed by atoms with Gasteiger partial charge in [0.05, 0.1) is 13.4 Å². The molecule has 0 atom stereocenters. The maximum absolute atomic E-state index is 12.3. The fourth-order valence-electron chi connectivity index (χ4n) is 2.56. The van der Waals surface area contributed by atoms with Crippen LogP contribution in [0.1, 0.15) is 22.5 Å². The Labute approximate surface area is 134 Å². The number of nitrogens with zero attached hydrogens (tertiary/aromatic N) is 2. The van der Waals surface area contributed by atoms with Gasteiger partial charge in [-0.1, -0.05) is 12.1 Å². The molecule has 0 saturated carbocycles. The quantitative estimate of drug-likeness (QED) is 0.710. The van der Waals surface area contributed by atoms with E-state index < -0.39 is 0 Å². The number of furan rings is 1. The Morgan fingerprint density at radius 2 is 2.30 bits per heavy atom. The predicted molar refractivity (Wildman–Crippen MR) is 86.7 cm³/mol. The van der Waals surface area contributed by atoms with Crippen LogP contribution in [0.5, 0.6) is 5.75 Å². The van der Waals surface area contributed by atoms with E-state index in [4.69, 9.17) is 9.15 Å². The first kappa shape index (κ1) is 15.1. The molecule has 120 valence electrons. The number of ether oxygens (including phenoxy) is 1. The molecule has 0 spiro atoms. The van der Waals surface area contributed by atoms with E-state index in [9.17, 15) is 4.79 Å². The molecule has 3 aromatic rings. The van der Waals surface area contributed by atoms with Crippen LogP contribution in [-0.2, 0) is 6.54 Å². The lowest BCUT2D eigenvalue weighted by Crippen LogP contribution is -2.25. The van der Waals surface area contributed by atoms with E-state index in [1.54, 1.807) is 19.6 Å². The number of methoxy groups -OCH3 is 1. The number of aryl methyl sites for hydroxylation is 2. The van der Waals surface area contributed by atoms with Crippen molar-refractivity contribution in [3.63, 3.8) is 0 Å². The van der Waals surface area contributed by atoms with Crippen molar-refractivity contribution in [3.8, 4) is 5.75 Å². The van der Waals surface area contributed by atoms with Gasteiger partial charge in [0, 0.05) is 36.4 Å². The zero-order valence-corrected chi connectivity index (χ0v) is 13.2. The number of benzene rings is 1. The van der Waals surface area contributed by atoms with Gasteiger partial charge in [-0.15, -0.1) is 0 Å². The van der Waals surface area contributed by atoms with Gasteiger partial charge in [0.2, 0.25) is 0 Å². The lowest BCUT2D eigenvalue weighted by Gasteiger charge is -2.04. The van der Waals surface area contributed by atoms with Gasteiger partial charge in [-0.25, -0.2) is 4.98 Å². The normalized spacial score (nSPS) is 10.9. The van der Waals surface area contributed by atoms with Crippen LogP contribution in [-0.4, -0.2) is 29.1 Å². The van der Waals surface area contributed by atoms with Crippen LogP contribution in [0, 0.1) is 6.92 Å². The largest absolute Gasteiger partial charge is 0.493 e. The number of fused-ring (bicyclic) bond motifs is 1. The van der Waals surface area contributed by atoms with Gasteiger partial charge in [0.15, 0.2) is 17.1 Å². The molecule has 0 bridgehead atoms. The summed E-state index contributed by atoms with van der Waals surface area (Å²) in [4.78, 5) is 16.3. The summed E-state index contributed by atoms with van der Waals surface area (Å²) in [6.45, 7) is 3.27. The lowest BCUT2D eigenvalue weighted by molar-refractivity contribution is 0.0926. The van der Waals surface area contributed by atoms with Crippen molar-refractivity contribution in [1.29, 1.82) is 0 Å². The van der Waals surface area contributed by atoms with E-state index in [1.165, 1.54) is 0 Å². The zero-order chi connectivity index (χ0) is 16.2. The van der Waals surface area contributed by atoms with Gasteiger partial charge in [0.1, 0.15) is 0 Å². The Morgan fingerprint density at radius 1 is 1.43 bits per heavy atom. The Bertz CT molecular complexity index is 806. The van der Waals surface area contributed by atoms with Gasteiger partial charge in [-0.05, 0) is 19.4 Å². The Morgan fingerprint density at radius 3 is 3.04 bits per heavy atom. The van der Waals surface area contributed by atoms with Crippen LogP contribution in [0.4, 0.5) is 0 Å². The van der Waals surface area contributed by atoms with Crippen molar-refractivity contribution in [1.82, 2.24) is 14.9 Å². The average molecular weight is 313 g/mol. The molecular formula is C17H19N3O3. The second-order valence-corrected chi connectivity index (χ2v) is 5.30. The summed E-state index contributed by atoms with van der Waals surface area (Å²) < 4.78 is 13.0. The van der Waals surface area contributed by atoms with Gasteiger partial charge in [0.25, 0.3) is 5.91 Å². The number of rotatable bonds is 6. The van der Waals surface area contributed by atoms with E-state index in [-0.39, 0.29) is 5.91 Å². The standard InChI is InChI=1S/C17H19N3O3/c1-12-13-5-3-6-14(22-2)16(13)23-15(12)17(21)19-7-4-9-20-10-8-18-11-20/h3,5-6,8,10-11H,4,7,9H2,1-2H3,(H,19,21). The first-order chi connectivity index (χ1) is 11.2. The van der Waals surface area contributed by atoms with Gasteiger partial charge in [-0.2, -0.15) is 0 Å². The molecule has 0 saturated heterocycles. The predicted octanol–water partition coefficient (Wildman–Crippen LogP) is 2.77. The minimum Gasteiger partial charge on any atom is -0.493 e. The molecule has 3 rings (SSSR count). The smallest absolute Gasteiger partial charge is 0.287 e. The van der Waals surface area contributed by atoms with Crippen LogP contribution >= 0.6 is 0 Å². The molecule has 0 aliphatic heterocycles. The van der Waals surface area contributed by atoms with Gasteiger partial charge < -0.3 is 19.0 Å². The average Bonchev–Trinajstić information content (AvgIpc) is 3.19. The fraction of sp³-hybridized carbons (Fsp3) is 0.294. The molecule has 1 amide bonds. The fourth-order valence-corrected chi connectivity index (χ4v) is 2.56. The maximum atomic E-state index is 12.3. The number of imidazole rings is 1. The molecule has 23 heavy (non-hydrogen) atoms. The van der Waals surface area contributed by atoms with Gasteiger partial charge in [-0.3, -0.25) is 4.79 Å². The van der Waals surface area contributed by atoms with Crippen molar-refractivity contribution in [2.45, 2.75) is 19.9 Å². The van der Waals surface area contributed by atoms with E-state index >= 15 is 0 Å². The second kappa shape index (κ2) is 6.56. The highest BCUT2D eigenvalue weighted by atomic mass is 16.5. The lowest BCUT2D eigenvalue weighted by atomic mass is 10.1. The maximum Gasteiger partial charge on any atom is 0.287 e. The van der Waals surface area contributed by atoms with Crippen molar-refractivity contribution in [2.75, 3.05) is 13.7 Å². The highest BCUT2D eigenvalue weighted by molar-refractivity contribution is 6.00. The van der Waals surface area contributed by atoms with Crippen LogP contribution in [0.25, 0.3) is 11.0 Å². The van der Waals surface area contributed by atoms with Crippen LogP contribution in [0.2, 0.25) is 0 Å². The third kappa shape index (κ3) is 3.06. The first-order valence-corrected chi connectivity index (χ1v) is 7.50. The van der Waals surface area contributed by atoms with E-state index in [0.29, 0.717) is 23.6 Å². The number of amides is 1. The highest BCUT2D eigenvalue weighted by Crippen LogP contribution is 2.32. The molecular weight excluding hydrogens is 294 g/mol. The van der Waals surface area contributed by atoms with E-state index in [1.807, 2.05) is 35.9 Å². The number of hydrogen-bond acceptors (Lipinski definition) is 4. The van der Waals surface area contributed by atoms with E-state index in [0.717, 1.165) is 23.9 Å². The van der Waals surface area contributed by atoms with Crippen molar-refractivity contribution in [2.24, 2.45) is 0 Å². The number of carbonyl (C=O) groups excluding carboxylic acids is 1. The van der Waals surface area contributed by atoms with Crippen molar-refractivity contribution < 1.29 is 13.9 Å². The Hall–Kier alpha value is -2.76. The van der Waals surface area contributed by atoms with Crippen molar-refractivity contribution in [3.05, 3.63) is 48.2 Å². The van der Waals surface area contributed by atoms with Gasteiger partial charge >= 0.3 is 0 Å².